The van der Waals surface area contributed by atoms with E-state index in [1.807, 2.05) is 45.9 Å². The maximum absolute atomic E-state index is 13.3. The highest BCUT2D eigenvalue weighted by molar-refractivity contribution is 7.54. The minimum atomic E-state index is -3.16. The Bertz CT molecular complexity index is 440. The number of rotatable bonds is 8. The molecule has 1 atom stereocenters. The van der Waals surface area contributed by atoms with E-state index in [0.717, 1.165) is 5.56 Å². The van der Waals surface area contributed by atoms with Gasteiger partial charge in [0.05, 0.1) is 17.9 Å². The molecule has 0 aliphatic carbocycles. The second-order valence-electron chi connectivity index (χ2n) is 6.35. The summed E-state index contributed by atoms with van der Waals surface area (Å²) in [4.78, 5) is 0. The van der Waals surface area contributed by atoms with E-state index in [0.29, 0.717) is 6.42 Å². The second-order valence-corrected chi connectivity index (χ2v) is 8.51. The van der Waals surface area contributed by atoms with Gasteiger partial charge in [-0.2, -0.15) is 0 Å². The number of benzene rings is 1. The fourth-order valence-corrected chi connectivity index (χ4v) is 5.04. The van der Waals surface area contributed by atoms with Crippen LogP contribution in [0, 0.1) is 5.92 Å². The molecule has 0 amide bonds. The first-order chi connectivity index (χ1) is 9.74. The minimum Gasteiger partial charge on any atom is -0.306 e. The van der Waals surface area contributed by atoms with Crippen molar-refractivity contribution in [2.75, 3.05) is 0 Å². The molecule has 1 rings (SSSR count). The van der Waals surface area contributed by atoms with Gasteiger partial charge < -0.3 is 9.05 Å². The number of hydrogen-bond acceptors (Lipinski definition) is 3. The van der Waals surface area contributed by atoms with Gasteiger partial charge in [-0.05, 0) is 45.6 Å². The summed E-state index contributed by atoms with van der Waals surface area (Å²) in [5, 5.41) is 0. The lowest BCUT2D eigenvalue weighted by molar-refractivity contribution is 0.132. The van der Waals surface area contributed by atoms with Crippen LogP contribution in [0.25, 0.3) is 0 Å². The van der Waals surface area contributed by atoms with Gasteiger partial charge in [-0.15, -0.1) is 0 Å². The third-order valence-corrected chi connectivity index (χ3v) is 6.20. The van der Waals surface area contributed by atoms with Gasteiger partial charge in [0.1, 0.15) is 0 Å². The molecule has 3 nitrogen and oxygen atoms in total. The smallest absolute Gasteiger partial charge is 0.306 e. The lowest BCUT2D eigenvalue weighted by Gasteiger charge is -2.32. The van der Waals surface area contributed by atoms with Crippen molar-refractivity contribution in [3.63, 3.8) is 0 Å². The molecule has 0 heterocycles. The predicted octanol–water partition coefficient (Wildman–Crippen LogP) is 5.30. The van der Waals surface area contributed by atoms with E-state index in [2.05, 4.69) is 26.0 Å². The molecule has 0 aromatic heterocycles. The van der Waals surface area contributed by atoms with Crippen LogP contribution in [0.15, 0.2) is 30.3 Å². The monoisotopic (exact) mass is 312 g/mol. The maximum Gasteiger partial charge on any atom is 0.334 e. The molecule has 0 N–H and O–H groups in total. The van der Waals surface area contributed by atoms with E-state index < -0.39 is 7.60 Å². The third kappa shape index (κ3) is 5.94. The summed E-state index contributed by atoms with van der Waals surface area (Å²) in [6.45, 7) is 11.8. The van der Waals surface area contributed by atoms with E-state index in [4.69, 9.17) is 9.05 Å². The first-order valence-corrected chi connectivity index (χ1v) is 9.36. The fourth-order valence-electron chi connectivity index (χ4n) is 2.34. The average Bonchev–Trinajstić information content (AvgIpc) is 2.34. The Kier molecular flexibility index (Phi) is 7.12. The van der Waals surface area contributed by atoms with E-state index in [9.17, 15) is 4.57 Å². The molecule has 1 aromatic carbocycles. The summed E-state index contributed by atoms with van der Waals surface area (Å²) in [5.74, 6) is 0.216. The van der Waals surface area contributed by atoms with Crippen LogP contribution in [0.5, 0.6) is 0 Å². The van der Waals surface area contributed by atoms with E-state index in [1.165, 1.54) is 0 Å². The van der Waals surface area contributed by atoms with Crippen LogP contribution in [-0.2, 0) is 20.0 Å². The van der Waals surface area contributed by atoms with Crippen molar-refractivity contribution in [1.29, 1.82) is 0 Å². The maximum atomic E-state index is 13.3. The van der Waals surface area contributed by atoms with Gasteiger partial charge >= 0.3 is 7.60 Å². The molecule has 0 aliphatic rings. The molecule has 1 unspecified atom stereocenters. The Labute approximate surface area is 129 Å². The first kappa shape index (κ1) is 18.4. The molecule has 0 fully saturated rings. The quantitative estimate of drug-likeness (QED) is 0.611. The average molecular weight is 312 g/mol. The van der Waals surface area contributed by atoms with Crippen molar-refractivity contribution in [2.24, 2.45) is 5.92 Å². The van der Waals surface area contributed by atoms with E-state index in [-0.39, 0.29) is 23.8 Å². The first-order valence-electron chi connectivity index (χ1n) is 7.75. The normalized spacial score (nSPS) is 14.1. The van der Waals surface area contributed by atoms with Crippen molar-refractivity contribution in [1.82, 2.24) is 0 Å². The predicted molar refractivity (Wildman–Crippen MR) is 88.8 cm³/mol. The van der Waals surface area contributed by atoms with Crippen LogP contribution in [0.1, 0.15) is 47.1 Å². The molecular weight excluding hydrogens is 283 g/mol. The molecular formula is C17H29O3P. The molecule has 0 saturated carbocycles. The molecule has 1 aromatic rings. The Morgan fingerprint density at radius 2 is 1.38 bits per heavy atom. The van der Waals surface area contributed by atoms with Crippen LogP contribution >= 0.6 is 7.60 Å². The summed E-state index contributed by atoms with van der Waals surface area (Å²) in [5.41, 5.74) is 1.03. The van der Waals surface area contributed by atoms with Crippen molar-refractivity contribution >= 4 is 7.60 Å². The molecule has 21 heavy (non-hydrogen) atoms. The van der Waals surface area contributed by atoms with Crippen LogP contribution < -0.4 is 0 Å². The zero-order valence-electron chi connectivity index (χ0n) is 14.1. The van der Waals surface area contributed by atoms with Gasteiger partial charge in [0.15, 0.2) is 0 Å². The molecule has 0 aliphatic heterocycles. The van der Waals surface area contributed by atoms with Gasteiger partial charge in [0.2, 0.25) is 0 Å². The Morgan fingerprint density at radius 3 is 1.76 bits per heavy atom. The fraction of sp³-hybridized carbons (Fsp3) is 0.647. The van der Waals surface area contributed by atoms with Crippen molar-refractivity contribution in [3.8, 4) is 0 Å². The topological polar surface area (TPSA) is 35.5 Å². The molecule has 4 heteroatoms. The summed E-state index contributed by atoms with van der Waals surface area (Å²) >= 11 is 0. The number of hydrogen-bond donors (Lipinski definition) is 0. The lowest BCUT2D eigenvalue weighted by atomic mass is 10.0. The Hall–Kier alpha value is -0.630. The second kappa shape index (κ2) is 8.12. The summed E-state index contributed by atoms with van der Waals surface area (Å²) in [7, 11) is -3.16. The Morgan fingerprint density at radius 1 is 0.905 bits per heavy atom. The summed E-state index contributed by atoms with van der Waals surface area (Å²) in [6, 6.07) is 10.1. The standard InChI is InChI=1S/C17H29O3P/c1-13(2)17(12-16-10-8-7-9-11-16)21(18,19-14(3)4)20-15(5)6/h7-11,13-15,17H,12H2,1-6H3. The largest absolute Gasteiger partial charge is 0.334 e. The van der Waals surface area contributed by atoms with Crippen LogP contribution in [0.4, 0.5) is 0 Å². The van der Waals surface area contributed by atoms with Gasteiger partial charge in [0, 0.05) is 0 Å². The van der Waals surface area contributed by atoms with Crippen molar-refractivity contribution < 1.29 is 13.6 Å². The highest BCUT2D eigenvalue weighted by Crippen LogP contribution is 2.58. The molecule has 0 saturated heterocycles. The van der Waals surface area contributed by atoms with Crippen LogP contribution in [0.2, 0.25) is 0 Å². The third-order valence-electron chi connectivity index (χ3n) is 3.18. The molecule has 0 bridgehead atoms. The van der Waals surface area contributed by atoms with Crippen LogP contribution in [-0.4, -0.2) is 17.9 Å². The Balaban J connectivity index is 3.05. The van der Waals surface area contributed by atoms with Gasteiger partial charge in [-0.3, -0.25) is 4.57 Å². The molecule has 0 radical (unpaired) electrons. The zero-order chi connectivity index (χ0) is 16.0. The minimum absolute atomic E-state index is 0.119. The zero-order valence-corrected chi connectivity index (χ0v) is 15.0. The highest BCUT2D eigenvalue weighted by atomic mass is 31.2. The SMILES string of the molecule is CC(C)OP(=O)(OC(C)C)C(Cc1ccccc1)C(C)C. The molecule has 0 spiro atoms. The van der Waals surface area contributed by atoms with Crippen molar-refractivity contribution in [3.05, 3.63) is 35.9 Å². The summed E-state index contributed by atoms with van der Waals surface area (Å²) < 4.78 is 24.9. The van der Waals surface area contributed by atoms with E-state index >= 15 is 0 Å². The lowest BCUT2D eigenvalue weighted by Crippen LogP contribution is -2.25. The van der Waals surface area contributed by atoms with Crippen LogP contribution in [0.3, 0.4) is 0 Å². The van der Waals surface area contributed by atoms with Gasteiger partial charge in [-0.25, -0.2) is 0 Å². The van der Waals surface area contributed by atoms with Gasteiger partial charge in [0.25, 0.3) is 0 Å². The highest BCUT2D eigenvalue weighted by Gasteiger charge is 2.39. The summed E-state index contributed by atoms with van der Waals surface area (Å²) in [6.07, 6.45) is 0.466. The van der Waals surface area contributed by atoms with Gasteiger partial charge in [-0.1, -0.05) is 44.2 Å². The molecule has 120 valence electrons. The van der Waals surface area contributed by atoms with Crippen molar-refractivity contribution in [2.45, 2.75) is 65.8 Å². The van der Waals surface area contributed by atoms with E-state index in [1.54, 1.807) is 0 Å².